The van der Waals surface area contributed by atoms with E-state index in [1.54, 1.807) is 36.4 Å². The molecule has 1 aromatic heterocycles. The molecular formula is C24H22ClN5O4S2. The van der Waals surface area contributed by atoms with Crippen LogP contribution >= 0.6 is 23.4 Å². The molecule has 2 heterocycles. The Kier molecular flexibility index (Phi) is 8.11. The molecular weight excluding hydrogens is 522 g/mol. The molecule has 0 radical (unpaired) electrons. The fourth-order valence-corrected chi connectivity index (χ4v) is 6.04. The summed E-state index contributed by atoms with van der Waals surface area (Å²) in [5, 5.41) is 12.8. The van der Waals surface area contributed by atoms with Crippen molar-refractivity contribution in [3.63, 3.8) is 0 Å². The number of hydrogen-bond donors (Lipinski definition) is 2. The Morgan fingerprint density at radius 3 is 2.42 bits per heavy atom. The summed E-state index contributed by atoms with van der Waals surface area (Å²) in [6, 6.07) is 14.5. The van der Waals surface area contributed by atoms with Crippen LogP contribution in [0.15, 0.2) is 63.4 Å². The van der Waals surface area contributed by atoms with Gasteiger partial charge < -0.3 is 10.3 Å². The van der Waals surface area contributed by atoms with Gasteiger partial charge in [0.2, 0.25) is 15.9 Å². The van der Waals surface area contributed by atoms with E-state index >= 15 is 0 Å². The first-order valence-corrected chi connectivity index (χ1v) is 13.9. The van der Waals surface area contributed by atoms with Crippen molar-refractivity contribution in [3.05, 3.63) is 69.5 Å². The highest BCUT2D eigenvalue weighted by Crippen LogP contribution is 2.25. The molecule has 1 fully saturated rings. The maximum absolute atomic E-state index is 12.8. The van der Waals surface area contributed by atoms with Crippen LogP contribution in [0.25, 0.3) is 11.3 Å². The van der Waals surface area contributed by atoms with E-state index in [9.17, 15) is 23.3 Å². The van der Waals surface area contributed by atoms with Crippen molar-refractivity contribution in [2.75, 3.05) is 24.2 Å². The molecule has 36 heavy (non-hydrogen) atoms. The largest absolute Gasteiger partial charge is 0.325 e. The predicted molar refractivity (Wildman–Crippen MR) is 138 cm³/mol. The first-order valence-electron chi connectivity index (χ1n) is 11.1. The van der Waals surface area contributed by atoms with E-state index in [-0.39, 0.29) is 33.0 Å². The number of nitriles is 1. The summed E-state index contributed by atoms with van der Waals surface area (Å²) in [5.74, 6) is -0.436. The highest BCUT2D eigenvalue weighted by atomic mass is 35.5. The Hall–Kier alpha value is -3.17. The number of H-pyrrole nitrogens is 1. The molecule has 2 N–H and O–H groups in total. The van der Waals surface area contributed by atoms with Gasteiger partial charge in [0.1, 0.15) is 11.6 Å². The molecule has 0 saturated carbocycles. The molecule has 0 aliphatic carbocycles. The molecule has 1 aliphatic rings. The fourth-order valence-electron chi connectivity index (χ4n) is 3.74. The minimum atomic E-state index is -3.55. The fraction of sp³-hybridized carbons (Fsp3) is 0.250. The Morgan fingerprint density at radius 1 is 1.11 bits per heavy atom. The lowest BCUT2D eigenvalue weighted by atomic mass is 10.1. The summed E-state index contributed by atoms with van der Waals surface area (Å²) >= 11 is 6.92. The lowest BCUT2D eigenvalue weighted by Gasteiger charge is -2.25. The number of thioether (sulfide) groups is 1. The Bertz CT molecular complexity index is 1460. The van der Waals surface area contributed by atoms with Crippen molar-refractivity contribution in [1.29, 1.82) is 5.26 Å². The molecule has 1 amide bonds. The summed E-state index contributed by atoms with van der Waals surface area (Å²) in [6.45, 7) is 1.03. The van der Waals surface area contributed by atoms with E-state index in [4.69, 9.17) is 11.6 Å². The normalized spacial score (nSPS) is 14.2. The van der Waals surface area contributed by atoms with Gasteiger partial charge in [-0.2, -0.15) is 9.57 Å². The lowest BCUT2D eigenvalue weighted by molar-refractivity contribution is -0.113. The standard InChI is InChI=1S/C24H22ClN5O4S2/c25-17-6-4-16(5-7-17)22-20(14-26)23(32)29-24(28-22)35-15-21(31)27-18-8-10-19(11-9-18)36(33,34)30-12-2-1-3-13-30/h4-11H,1-3,12-13,15H2,(H,27,31)(H,28,29,32). The molecule has 1 saturated heterocycles. The van der Waals surface area contributed by atoms with Crippen LogP contribution < -0.4 is 10.9 Å². The first-order chi connectivity index (χ1) is 17.3. The van der Waals surface area contributed by atoms with Gasteiger partial charge in [-0.15, -0.1) is 0 Å². The maximum Gasteiger partial charge on any atom is 0.270 e. The number of rotatable bonds is 7. The second kappa shape index (κ2) is 11.3. The lowest BCUT2D eigenvalue weighted by Crippen LogP contribution is -2.35. The number of amides is 1. The number of hydrogen-bond acceptors (Lipinski definition) is 7. The van der Waals surface area contributed by atoms with E-state index in [1.807, 2.05) is 6.07 Å². The van der Waals surface area contributed by atoms with Crippen LogP contribution in [0.3, 0.4) is 0 Å². The van der Waals surface area contributed by atoms with E-state index in [0.29, 0.717) is 29.4 Å². The topological polar surface area (TPSA) is 136 Å². The molecule has 0 atom stereocenters. The Balaban J connectivity index is 1.42. The SMILES string of the molecule is N#Cc1c(-c2ccc(Cl)cc2)nc(SCC(=O)Nc2ccc(S(=O)(=O)N3CCCCC3)cc2)[nH]c1=O. The number of aromatic nitrogens is 2. The quantitative estimate of drug-likeness (QED) is 0.341. The average molecular weight is 544 g/mol. The summed E-state index contributed by atoms with van der Waals surface area (Å²) in [4.78, 5) is 31.9. The Labute approximate surface area is 217 Å². The zero-order valence-corrected chi connectivity index (χ0v) is 21.4. The van der Waals surface area contributed by atoms with Gasteiger partial charge in [0.25, 0.3) is 5.56 Å². The molecule has 1 aliphatic heterocycles. The van der Waals surface area contributed by atoms with Crippen molar-refractivity contribution in [1.82, 2.24) is 14.3 Å². The van der Waals surface area contributed by atoms with E-state index in [1.165, 1.54) is 16.4 Å². The number of anilines is 1. The number of carbonyl (C=O) groups excluding carboxylic acids is 1. The molecule has 3 aromatic rings. The number of carbonyl (C=O) groups is 1. The molecule has 2 aromatic carbocycles. The smallest absolute Gasteiger partial charge is 0.270 e. The van der Waals surface area contributed by atoms with Gasteiger partial charge in [-0.25, -0.2) is 13.4 Å². The maximum atomic E-state index is 12.8. The van der Waals surface area contributed by atoms with Gasteiger partial charge in [-0.3, -0.25) is 9.59 Å². The van der Waals surface area contributed by atoms with Crippen molar-refractivity contribution in [2.24, 2.45) is 0 Å². The number of piperidine rings is 1. The van der Waals surface area contributed by atoms with Gasteiger partial charge >= 0.3 is 0 Å². The summed E-state index contributed by atoms with van der Waals surface area (Å²) in [7, 11) is -3.55. The van der Waals surface area contributed by atoms with E-state index < -0.39 is 15.6 Å². The zero-order chi connectivity index (χ0) is 25.7. The van der Waals surface area contributed by atoms with Gasteiger partial charge in [0, 0.05) is 29.4 Å². The van der Waals surface area contributed by atoms with Crippen LogP contribution in [0, 0.1) is 11.3 Å². The van der Waals surface area contributed by atoms with Crippen LogP contribution in [0.2, 0.25) is 5.02 Å². The number of sulfonamides is 1. The number of aromatic amines is 1. The molecule has 186 valence electrons. The van der Waals surface area contributed by atoms with Crippen molar-refractivity contribution in [3.8, 4) is 17.3 Å². The molecule has 4 rings (SSSR count). The average Bonchev–Trinajstić information content (AvgIpc) is 2.88. The number of nitrogens with zero attached hydrogens (tertiary/aromatic N) is 3. The van der Waals surface area contributed by atoms with Gasteiger partial charge in [-0.05, 0) is 49.2 Å². The molecule has 9 nitrogen and oxygen atoms in total. The third-order valence-electron chi connectivity index (χ3n) is 5.56. The summed E-state index contributed by atoms with van der Waals surface area (Å²) < 4.78 is 27.0. The van der Waals surface area contributed by atoms with E-state index in [0.717, 1.165) is 31.0 Å². The monoisotopic (exact) mass is 543 g/mol. The third-order valence-corrected chi connectivity index (χ3v) is 8.60. The summed E-state index contributed by atoms with van der Waals surface area (Å²) in [6.07, 6.45) is 2.74. The highest BCUT2D eigenvalue weighted by molar-refractivity contribution is 7.99. The number of nitrogens with one attached hydrogen (secondary N) is 2. The minimum Gasteiger partial charge on any atom is -0.325 e. The van der Waals surface area contributed by atoms with Crippen LogP contribution in [0.5, 0.6) is 0 Å². The second-order valence-electron chi connectivity index (χ2n) is 8.04. The number of benzene rings is 2. The summed E-state index contributed by atoms with van der Waals surface area (Å²) in [5.41, 5.74) is 0.456. The van der Waals surface area contributed by atoms with Gasteiger partial charge in [-0.1, -0.05) is 41.9 Å². The van der Waals surface area contributed by atoms with Crippen molar-refractivity contribution < 1.29 is 13.2 Å². The molecule has 0 unspecified atom stereocenters. The van der Waals surface area contributed by atoms with Crippen LogP contribution in [0.4, 0.5) is 5.69 Å². The molecule has 12 heteroatoms. The third kappa shape index (κ3) is 5.96. The molecule has 0 spiro atoms. The zero-order valence-electron chi connectivity index (χ0n) is 19.0. The Morgan fingerprint density at radius 2 is 1.78 bits per heavy atom. The second-order valence-corrected chi connectivity index (χ2v) is 11.4. The predicted octanol–water partition coefficient (Wildman–Crippen LogP) is 3.87. The van der Waals surface area contributed by atoms with Gasteiger partial charge in [0.15, 0.2) is 5.16 Å². The van der Waals surface area contributed by atoms with E-state index in [2.05, 4.69) is 15.3 Å². The van der Waals surface area contributed by atoms with Crippen LogP contribution in [0.1, 0.15) is 24.8 Å². The van der Waals surface area contributed by atoms with Crippen molar-refractivity contribution in [2.45, 2.75) is 29.3 Å². The van der Waals surface area contributed by atoms with Gasteiger partial charge in [0.05, 0.1) is 16.3 Å². The highest BCUT2D eigenvalue weighted by Gasteiger charge is 2.25. The van der Waals surface area contributed by atoms with Crippen LogP contribution in [-0.4, -0.2) is 47.4 Å². The van der Waals surface area contributed by atoms with Crippen LogP contribution in [-0.2, 0) is 14.8 Å². The number of halogens is 1. The molecule has 0 bridgehead atoms. The minimum absolute atomic E-state index is 0.0667. The first kappa shape index (κ1) is 25.9. The van der Waals surface area contributed by atoms with Crippen molar-refractivity contribution >= 4 is 45.0 Å².